The molecule has 1 saturated heterocycles. The quantitative estimate of drug-likeness (QED) is 0.348. The van der Waals surface area contributed by atoms with E-state index in [4.69, 9.17) is 9.47 Å². The summed E-state index contributed by atoms with van der Waals surface area (Å²) >= 11 is 0. The lowest BCUT2D eigenvalue weighted by Crippen LogP contribution is -2.52. The number of nitrogens with zero attached hydrogens (tertiary/aromatic N) is 2. The lowest BCUT2D eigenvalue weighted by molar-refractivity contribution is -0.136. The Bertz CT molecular complexity index is 1150. The van der Waals surface area contributed by atoms with E-state index in [0.29, 0.717) is 44.1 Å². The second kappa shape index (κ2) is 12.3. The first-order valence-corrected chi connectivity index (χ1v) is 12.8. The number of rotatable bonds is 12. The van der Waals surface area contributed by atoms with Crippen LogP contribution in [0.25, 0.3) is 0 Å². The van der Waals surface area contributed by atoms with Crippen molar-refractivity contribution in [3.8, 4) is 5.75 Å². The second-order valence-electron chi connectivity index (χ2n) is 9.44. The maximum absolute atomic E-state index is 13.2. The van der Waals surface area contributed by atoms with Gasteiger partial charge in [0.05, 0.1) is 26.4 Å². The van der Waals surface area contributed by atoms with E-state index in [1.54, 1.807) is 18.2 Å². The molecule has 2 aliphatic heterocycles. The number of fused-ring (bicyclic) bond motifs is 1. The molecule has 2 aromatic rings. The molecule has 2 aliphatic rings. The van der Waals surface area contributed by atoms with Gasteiger partial charge in [-0.05, 0) is 61.7 Å². The van der Waals surface area contributed by atoms with Crippen molar-refractivity contribution in [2.45, 2.75) is 52.3 Å². The van der Waals surface area contributed by atoms with Crippen molar-refractivity contribution in [2.75, 3.05) is 32.8 Å². The van der Waals surface area contributed by atoms with Crippen LogP contribution in [-0.2, 0) is 27.5 Å². The summed E-state index contributed by atoms with van der Waals surface area (Å²) in [7, 11) is 0. The van der Waals surface area contributed by atoms with Crippen molar-refractivity contribution >= 4 is 17.7 Å². The van der Waals surface area contributed by atoms with E-state index in [-0.39, 0.29) is 24.1 Å². The Morgan fingerprint density at radius 1 is 1.14 bits per heavy atom. The van der Waals surface area contributed by atoms with Gasteiger partial charge in [0.2, 0.25) is 11.8 Å². The van der Waals surface area contributed by atoms with E-state index < -0.39 is 11.9 Å². The van der Waals surface area contributed by atoms with Crippen LogP contribution in [0.2, 0.25) is 0 Å². The first kappa shape index (κ1) is 26.8. The van der Waals surface area contributed by atoms with Gasteiger partial charge in [0, 0.05) is 30.6 Å². The Morgan fingerprint density at radius 3 is 2.73 bits per heavy atom. The molecule has 2 aromatic carbocycles. The minimum absolute atomic E-state index is 0.206. The predicted molar refractivity (Wildman–Crippen MR) is 136 cm³/mol. The van der Waals surface area contributed by atoms with Gasteiger partial charge in [-0.3, -0.25) is 19.7 Å². The summed E-state index contributed by atoms with van der Waals surface area (Å²) < 4.78 is 25.1. The highest BCUT2D eigenvalue weighted by atomic mass is 19.1. The number of aryl methyl sites for hydroxylation is 1. The monoisotopic (exact) mass is 511 g/mol. The van der Waals surface area contributed by atoms with Gasteiger partial charge in [-0.1, -0.05) is 19.1 Å². The maximum atomic E-state index is 13.2. The fourth-order valence-electron chi connectivity index (χ4n) is 4.79. The summed E-state index contributed by atoms with van der Waals surface area (Å²) in [6.07, 6.45) is 1.37. The molecule has 8 nitrogen and oxygen atoms in total. The molecule has 0 bridgehead atoms. The number of benzene rings is 2. The van der Waals surface area contributed by atoms with Gasteiger partial charge in [-0.15, -0.1) is 0 Å². The van der Waals surface area contributed by atoms with Crippen molar-refractivity contribution in [1.82, 2.24) is 15.1 Å². The molecular formula is C28H34FN3O5. The third-order valence-corrected chi connectivity index (χ3v) is 6.98. The molecule has 198 valence electrons. The van der Waals surface area contributed by atoms with Gasteiger partial charge >= 0.3 is 0 Å². The van der Waals surface area contributed by atoms with Crippen LogP contribution >= 0.6 is 0 Å². The summed E-state index contributed by atoms with van der Waals surface area (Å²) in [4.78, 5) is 40.5. The van der Waals surface area contributed by atoms with E-state index in [2.05, 4.69) is 17.1 Å². The number of amides is 3. The number of carbonyl (C=O) groups is 3. The third-order valence-electron chi connectivity index (χ3n) is 6.98. The number of ether oxygens (including phenoxy) is 2. The van der Waals surface area contributed by atoms with Crippen LogP contribution in [-0.4, -0.2) is 66.4 Å². The Hall–Kier alpha value is -3.30. The molecule has 9 heteroatoms. The molecule has 4 rings (SSSR count). The Morgan fingerprint density at radius 2 is 1.97 bits per heavy atom. The van der Waals surface area contributed by atoms with Gasteiger partial charge in [-0.2, -0.15) is 0 Å². The summed E-state index contributed by atoms with van der Waals surface area (Å²) in [5, 5.41) is 2.33. The van der Waals surface area contributed by atoms with Crippen LogP contribution in [0.5, 0.6) is 5.75 Å². The van der Waals surface area contributed by atoms with E-state index >= 15 is 0 Å². The van der Waals surface area contributed by atoms with Gasteiger partial charge in [0.1, 0.15) is 17.6 Å². The van der Waals surface area contributed by atoms with Gasteiger partial charge in [0.25, 0.3) is 5.91 Å². The summed E-state index contributed by atoms with van der Waals surface area (Å²) in [5.74, 6) is -0.509. The summed E-state index contributed by atoms with van der Waals surface area (Å²) in [6.45, 7) is 8.32. The zero-order valence-electron chi connectivity index (χ0n) is 21.4. The number of carbonyl (C=O) groups excluding carboxylic acids is 3. The van der Waals surface area contributed by atoms with Gasteiger partial charge in [-0.25, -0.2) is 4.39 Å². The minimum Gasteiger partial charge on any atom is -0.493 e. The minimum atomic E-state index is -0.641. The molecule has 1 N–H and O–H groups in total. The predicted octanol–water partition coefficient (Wildman–Crippen LogP) is 3.20. The molecule has 0 aromatic heterocycles. The molecule has 2 heterocycles. The Kier molecular flexibility index (Phi) is 8.89. The first-order valence-electron chi connectivity index (χ1n) is 12.8. The average Bonchev–Trinajstić information content (AvgIpc) is 3.21. The van der Waals surface area contributed by atoms with Crippen LogP contribution in [0.4, 0.5) is 4.39 Å². The van der Waals surface area contributed by atoms with Crippen molar-refractivity contribution < 1.29 is 28.2 Å². The van der Waals surface area contributed by atoms with E-state index in [0.717, 1.165) is 42.7 Å². The molecule has 1 atom stereocenters. The Labute approximate surface area is 216 Å². The topological polar surface area (TPSA) is 88.2 Å². The molecule has 0 radical (unpaired) electrons. The number of piperidine rings is 1. The van der Waals surface area contributed by atoms with Crippen LogP contribution in [0.15, 0.2) is 36.4 Å². The number of halogens is 1. The van der Waals surface area contributed by atoms with Crippen LogP contribution in [0, 0.1) is 12.7 Å². The summed E-state index contributed by atoms with van der Waals surface area (Å²) in [5.41, 5.74) is 3.21. The van der Waals surface area contributed by atoms with Crippen molar-refractivity contribution in [2.24, 2.45) is 0 Å². The van der Waals surface area contributed by atoms with E-state index in [1.165, 1.54) is 17.0 Å². The highest BCUT2D eigenvalue weighted by molar-refractivity contribution is 6.05. The van der Waals surface area contributed by atoms with Gasteiger partial charge < -0.3 is 19.3 Å². The smallest absolute Gasteiger partial charge is 0.255 e. The van der Waals surface area contributed by atoms with Crippen LogP contribution in [0.3, 0.4) is 0 Å². The molecule has 37 heavy (non-hydrogen) atoms. The highest BCUT2D eigenvalue weighted by Crippen LogP contribution is 2.33. The Balaban J connectivity index is 1.22. The number of nitrogens with one attached hydrogen (secondary N) is 1. The van der Waals surface area contributed by atoms with Crippen LogP contribution < -0.4 is 10.1 Å². The maximum Gasteiger partial charge on any atom is 0.255 e. The molecule has 0 saturated carbocycles. The average molecular weight is 512 g/mol. The molecule has 1 unspecified atom stereocenters. The molecule has 3 amide bonds. The SMILES string of the molecule is CCN(CCCOc1cccc2c1CN(C1CCC(=O)NC1=O)C2=O)CCOCc1ccc(F)cc1C. The lowest BCUT2D eigenvalue weighted by Gasteiger charge is -2.29. The van der Waals surface area contributed by atoms with Gasteiger partial charge in [0.15, 0.2) is 0 Å². The van der Waals surface area contributed by atoms with Crippen molar-refractivity contribution in [3.05, 3.63) is 64.5 Å². The molecule has 1 fully saturated rings. The zero-order chi connectivity index (χ0) is 26.4. The standard InChI is InChI=1S/C28H34FN3O5/c1-3-31(13-15-36-18-20-8-9-21(29)16-19(20)2)12-5-14-37-25-7-4-6-22-23(25)17-32(28(22)35)24-10-11-26(33)30-27(24)34/h4,6-9,16,24H,3,5,10-15,17-18H2,1-2H3,(H,30,33,34). The number of hydrogen-bond acceptors (Lipinski definition) is 6. The lowest BCUT2D eigenvalue weighted by atomic mass is 10.0. The molecule has 0 spiro atoms. The van der Waals surface area contributed by atoms with Crippen molar-refractivity contribution in [3.63, 3.8) is 0 Å². The summed E-state index contributed by atoms with van der Waals surface area (Å²) in [6, 6.07) is 9.48. The number of likely N-dealkylation sites (N-methyl/N-ethyl adjacent to an activating group) is 1. The zero-order valence-corrected chi connectivity index (χ0v) is 21.4. The molecular weight excluding hydrogens is 477 g/mol. The fraction of sp³-hybridized carbons (Fsp3) is 0.464. The van der Waals surface area contributed by atoms with E-state index in [1.807, 2.05) is 13.0 Å². The normalized spacial score (nSPS) is 17.4. The highest BCUT2D eigenvalue weighted by Gasteiger charge is 2.40. The number of hydrogen-bond donors (Lipinski definition) is 1. The van der Waals surface area contributed by atoms with Crippen molar-refractivity contribution in [1.29, 1.82) is 0 Å². The number of imide groups is 1. The second-order valence-corrected chi connectivity index (χ2v) is 9.44. The fourth-order valence-corrected chi connectivity index (χ4v) is 4.79. The first-order chi connectivity index (χ1) is 17.9. The largest absolute Gasteiger partial charge is 0.493 e. The third kappa shape index (κ3) is 6.53. The van der Waals surface area contributed by atoms with E-state index in [9.17, 15) is 18.8 Å². The van der Waals surface area contributed by atoms with Crippen LogP contribution in [0.1, 0.15) is 53.2 Å². The molecule has 0 aliphatic carbocycles.